The number of amides is 4. The van der Waals surface area contributed by atoms with Crippen LogP contribution < -0.4 is 10.3 Å². The van der Waals surface area contributed by atoms with E-state index in [2.05, 4.69) is 10.4 Å². The van der Waals surface area contributed by atoms with Gasteiger partial charge in [0.2, 0.25) is 11.8 Å². The third-order valence-corrected chi connectivity index (χ3v) is 12.7. The maximum Gasteiger partial charge on any atom is 0.417 e. The second kappa shape index (κ2) is 13.3. The van der Waals surface area contributed by atoms with Crippen LogP contribution in [-0.4, -0.2) is 38.7 Å². The van der Waals surface area contributed by atoms with E-state index >= 15 is 4.79 Å². The Morgan fingerprint density at radius 2 is 1.47 bits per heavy atom. The number of anilines is 2. The summed E-state index contributed by atoms with van der Waals surface area (Å²) >= 11 is 18.8. The SMILES string of the molecule is O=C1[C@@H]2C[C@@H]3C(=CC[C@@H]4C(=O)N(c5ccc(Cl)cc5)C(=O)[C@@H]43)[C@H](c3ccc(O)c4ccccc34)[C@]2(c2ccc(Cl)cc2)C(=O)N1Nc1ncc(C(F)(F)F)cc1Cl. The number of allylic oxidation sites excluding steroid dienone is 2. The molecule has 2 saturated heterocycles. The summed E-state index contributed by atoms with van der Waals surface area (Å²) in [5.41, 5.74) is 1.75. The number of imide groups is 2. The van der Waals surface area contributed by atoms with Crippen LogP contribution in [0, 0.1) is 23.7 Å². The number of fused-ring (bicyclic) bond motifs is 5. The Balaban J connectivity index is 1.26. The molecule has 15 heteroatoms. The number of benzene rings is 4. The molecule has 3 heterocycles. The Bertz CT molecular complexity index is 2590. The Hall–Kier alpha value is -5.43. The summed E-state index contributed by atoms with van der Waals surface area (Å²) in [6.45, 7) is 0. The summed E-state index contributed by atoms with van der Waals surface area (Å²) in [5, 5.41) is 13.1. The number of nitrogens with one attached hydrogen (secondary N) is 1. The first-order chi connectivity index (χ1) is 27.2. The van der Waals surface area contributed by atoms with Crippen molar-refractivity contribution < 1.29 is 37.5 Å². The number of aromatic nitrogens is 1. The fourth-order valence-electron chi connectivity index (χ4n) is 9.53. The number of phenolic OH excluding ortho intramolecular Hbond substituents is 1. The van der Waals surface area contributed by atoms with Gasteiger partial charge in [-0.25, -0.2) is 4.98 Å². The van der Waals surface area contributed by atoms with E-state index in [0.717, 1.165) is 9.91 Å². The van der Waals surface area contributed by atoms with Crippen LogP contribution in [0.25, 0.3) is 10.8 Å². The Kier molecular flexibility index (Phi) is 8.69. The number of carbonyl (C=O) groups is 4. The molecular weight excluding hydrogens is 804 g/mol. The summed E-state index contributed by atoms with van der Waals surface area (Å²) in [4.78, 5) is 64.2. The molecule has 4 aromatic carbocycles. The van der Waals surface area contributed by atoms with Crippen molar-refractivity contribution in [3.8, 4) is 5.75 Å². The third kappa shape index (κ3) is 5.55. The number of rotatable bonds is 5. The van der Waals surface area contributed by atoms with Crippen molar-refractivity contribution in [2.75, 3.05) is 10.3 Å². The predicted molar refractivity (Wildman–Crippen MR) is 206 cm³/mol. The summed E-state index contributed by atoms with van der Waals surface area (Å²) < 4.78 is 40.6. The number of carbonyl (C=O) groups excluding carboxylic acids is 4. The first-order valence-corrected chi connectivity index (χ1v) is 19.0. The zero-order valence-electron chi connectivity index (χ0n) is 29.3. The minimum Gasteiger partial charge on any atom is -0.507 e. The van der Waals surface area contributed by atoms with Gasteiger partial charge in [-0.2, -0.15) is 18.2 Å². The van der Waals surface area contributed by atoms with Crippen molar-refractivity contribution in [3.63, 3.8) is 0 Å². The number of halogens is 6. The van der Waals surface area contributed by atoms with Gasteiger partial charge >= 0.3 is 6.18 Å². The molecule has 4 aliphatic rings. The highest BCUT2D eigenvalue weighted by Gasteiger charge is 2.70. The van der Waals surface area contributed by atoms with Crippen LogP contribution >= 0.6 is 34.8 Å². The molecule has 0 bridgehead atoms. The van der Waals surface area contributed by atoms with Gasteiger partial charge in [0.25, 0.3) is 11.8 Å². The van der Waals surface area contributed by atoms with Crippen LogP contribution in [0.4, 0.5) is 24.7 Å². The first kappa shape index (κ1) is 37.2. The second-order valence-electron chi connectivity index (χ2n) is 14.6. The lowest BCUT2D eigenvalue weighted by molar-refractivity contribution is -0.139. The standard InChI is InChI=1S/C42H28Cl3F3N4O5/c43-22-7-5-20(6-8-22)41-31(38(55)52(40(41)57)50-36-32(45)17-21(19-49-36)42(46,47)48)18-30-28(35(41)27-15-16-33(53)26-4-2-1-3-25(26)27)13-14-29-34(30)39(56)51(37(29)54)24-11-9-23(44)10-12-24/h1-13,15-17,19,29-31,34-35,53H,14,18H2,(H,49,50)/t29-,30+,31-,34-,35-,41+/m0/s1. The molecular formula is C42H28Cl3F3N4O5. The van der Waals surface area contributed by atoms with Crippen molar-refractivity contribution in [1.29, 1.82) is 0 Å². The molecule has 288 valence electrons. The molecule has 1 saturated carbocycles. The number of hydrogen-bond donors (Lipinski definition) is 2. The molecule has 5 aromatic rings. The molecule has 57 heavy (non-hydrogen) atoms. The maximum absolute atomic E-state index is 15.5. The largest absolute Gasteiger partial charge is 0.507 e. The van der Waals surface area contributed by atoms with Gasteiger partial charge in [0, 0.05) is 27.5 Å². The number of pyridine rings is 1. The summed E-state index contributed by atoms with van der Waals surface area (Å²) in [7, 11) is 0. The molecule has 0 unspecified atom stereocenters. The highest BCUT2D eigenvalue weighted by atomic mass is 35.5. The Labute approximate surface area is 337 Å². The van der Waals surface area contributed by atoms with Crippen molar-refractivity contribution in [1.82, 2.24) is 9.99 Å². The fourth-order valence-corrected chi connectivity index (χ4v) is 9.99. The van der Waals surface area contributed by atoms with E-state index in [1.807, 2.05) is 6.08 Å². The number of phenols is 1. The number of nitrogens with zero attached hydrogens (tertiary/aromatic N) is 3. The van der Waals surface area contributed by atoms with E-state index < -0.39 is 75.4 Å². The monoisotopic (exact) mass is 830 g/mol. The van der Waals surface area contributed by atoms with E-state index in [1.54, 1.807) is 78.9 Å². The molecule has 4 amide bonds. The number of hydrogen-bond acceptors (Lipinski definition) is 7. The van der Waals surface area contributed by atoms with E-state index in [0.29, 0.717) is 55.5 Å². The van der Waals surface area contributed by atoms with Crippen molar-refractivity contribution in [2.24, 2.45) is 23.7 Å². The van der Waals surface area contributed by atoms with Crippen LogP contribution in [0.15, 0.2) is 109 Å². The molecule has 2 aliphatic carbocycles. The highest BCUT2D eigenvalue weighted by Crippen LogP contribution is 2.65. The molecule has 0 spiro atoms. The zero-order chi connectivity index (χ0) is 40.1. The number of hydrazine groups is 1. The molecule has 6 atom stereocenters. The van der Waals surface area contributed by atoms with E-state index in [4.69, 9.17) is 34.8 Å². The second-order valence-corrected chi connectivity index (χ2v) is 15.9. The third-order valence-electron chi connectivity index (χ3n) is 11.9. The maximum atomic E-state index is 15.5. The van der Waals surface area contributed by atoms with Crippen LogP contribution in [0.1, 0.15) is 35.4 Å². The lowest BCUT2D eigenvalue weighted by Crippen LogP contribution is -2.53. The van der Waals surface area contributed by atoms with Gasteiger partial charge in [0.15, 0.2) is 5.82 Å². The molecule has 1 aromatic heterocycles. The average molecular weight is 832 g/mol. The molecule has 2 N–H and O–H groups in total. The van der Waals surface area contributed by atoms with Crippen LogP contribution in [0.3, 0.4) is 0 Å². The molecule has 2 aliphatic heterocycles. The van der Waals surface area contributed by atoms with Gasteiger partial charge < -0.3 is 5.11 Å². The van der Waals surface area contributed by atoms with Gasteiger partial charge in [-0.15, -0.1) is 0 Å². The summed E-state index contributed by atoms with van der Waals surface area (Å²) in [6, 6.07) is 23.7. The lowest BCUT2D eigenvalue weighted by atomic mass is 9.49. The normalized spacial score (nSPS) is 25.7. The van der Waals surface area contributed by atoms with E-state index in [9.17, 15) is 32.7 Å². The topological polar surface area (TPSA) is 120 Å². The molecule has 9 nitrogen and oxygen atoms in total. The van der Waals surface area contributed by atoms with E-state index in [1.165, 1.54) is 6.07 Å². The smallest absolute Gasteiger partial charge is 0.417 e. The highest BCUT2D eigenvalue weighted by molar-refractivity contribution is 6.33. The van der Waals surface area contributed by atoms with E-state index in [-0.39, 0.29) is 24.4 Å². The van der Waals surface area contributed by atoms with Crippen LogP contribution in [-0.2, 0) is 30.8 Å². The number of alkyl halides is 3. The molecule has 0 radical (unpaired) electrons. The quantitative estimate of drug-likeness (QED) is 0.134. The van der Waals surface area contributed by atoms with Gasteiger partial charge in [0.1, 0.15) is 5.75 Å². The lowest BCUT2D eigenvalue weighted by Gasteiger charge is -2.51. The number of aromatic hydroxyl groups is 1. The minimum atomic E-state index is -4.76. The van der Waals surface area contributed by atoms with Gasteiger partial charge in [-0.05, 0) is 83.8 Å². The van der Waals surface area contributed by atoms with Crippen LogP contribution in [0.5, 0.6) is 5.75 Å². The van der Waals surface area contributed by atoms with Crippen LogP contribution in [0.2, 0.25) is 15.1 Å². The van der Waals surface area contributed by atoms with Gasteiger partial charge in [-0.1, -0.05) is 88.9 Å². The summed E-state index contributed by atoms with van der Waals surface area (Å²) in [5.74, 6) is -7.29. The zero-order valence-corrected chi connectivity index (χ0v) is 31.6. The predicted octanol–water partition coefficient (Wildman–Crippen LogP) is 9.11. The first-order valence-electron chi connectivity index (χ1n) is 17.9. The fraction of sp³-hybridized carbons (Fsp3) is 0.214. The van der Waals surface area contributed by atoms with Crippen molar-refractivity contribution >= 4 is 80.7 Å². The van der Waals surface area contributed by atoms with Crippen molar-refractivity contribution in [3.05, 3.63) is 141 Å². The van der Waals surface area contributed by atoms with Gasteiger partial charge in [-0.3, -0.25) is 29.5 Å². The van der Waals surface area contributed by atoms with Crippen molar-refractivity contribution in [2.45, 2.75) is 30.4 Å². The Morgan fingerprint density at radius 3 is 2.14 bits per heavy atom. The Morgan fingerprint density at radius 1 is 0.807 bits per heavy atom. The molecule has 3 fully saturated rings. The minimum absolute atomic E-state index is 0.0215. The van der Waals surface area contributed by atoms with Gasteiger partial charge in [0.05, 0.1) is 39.4 Å². The molecule has 9 rings (SSSR count). The average Bonchev–Trinajstić information content (AvgIpc) is 3.57. The summed E-state index contributed by atoms with van der Waals surface area (Å²) in [6.07, 6.45) is -2.21.